The molecule has 0 aromatic heterocycles. The van der Waals surface area contributed by atoms with E-state index >= 15 is 0 Å². The van der Waals surface area contributed by atoms with Crippen molar-refractivity contribution in [1.82, 2.24) is 0 Å². The minimum atomic E-state index is -1.84. The average molecular weight is 575 g/mol. The second-order valence-corrected chi connectivity index (χ2v) is 17.3. The number of ether oxygens (including phenoxy) is 1. The summed E-state index contributed by atoms with van der Waals surface area (Å²) in [5.74, 6) is 0. The second kappa shape index (κ2) is 14.7. The SMILES string of the molecule is COC(C)(CC(C)(C)CC(C[Si](C)(C)c1ccccc1)(c1ccccc1)c1ccccc1)c1ccccc1.O.O.O. The van der Waals surface area contributed by atoms with Gasteiger partial charge < -0.3 is 21.2 Å². The topological polar surface area (TPSA) is 104 Å². The maximum atomic E-state index is 6.26. The van der Waals surface area contributed by atoms with Gasteiger partial charge in [-0.1, -0.05) is 153 Å². The van der Waals surface area contributed by atoms with Crippen LogP contribution in [0.1, 0.15) is 50.3 Å². The normalized spacial score (nSPS) is 13.1. The first-order chi connectivity index (χ1) is 18.1. The first-order valence-corrected chi connectivity index (χ1v) is 17.1. The van der Waals surface area contributed by atoms with Gasteiger partial charge in [-0.15, -0.1) is 0 Å². The Labute approximate surface area is 248 Å². The molecule has 0 bridgehead atoms. The minimum Gasteiger partial charge on any atom is -0.412 e. The van der Waals surface area contributed by atoms with Crippen LogP contribution in [0.3, 0.4) is 0 Å². The number of benzene rings is 4. The lowest BCUT2D eigenvalue weighted by atomic mass is 9.63. The van der Waals surface area contributed by atoms with E-state index in [1.54, 1.807) is 0 Å². The van der Waals surface area contributed by atoms with Crippen molar-refractivity contribution < 1.29 is 21.2 Å². The highest BCUT2D eigenvalue weighted by atomic mass is 28.3. The van der Waals surface area contributed by atoms with Gasteiger partial charge in [0.2, 0.25) is 0 Å². The van der Waals surface area contributed by atoms with Gasteiger partial charge in [0.25, 0.3) is 0 Å². The minimum absolute atomic E-state index is 0. The summed E-state index contributed by atoms with van der Waals surface area (Å²) in [5, 5.41) is 1.51. The number of hydrogen-bond donors (Lipinski definition) is 0. The molecule has 4 aromatic carbocycles. The van der Waals surface area contributed by atoms with Gasteiger partial charge in [0.1, 0.15) is 0 Å². The highest BCUT2D eigenvalue weighted by Crippen LogP contribution is 2.51. The summed E-state index contributed by atoms with van der Waals surface area (Å²) in [4.78, 5) is 0. The fourth-order valence-corrected chi connectivity index (χ4v) is 10.1. The molecular formula is C36H50O4Si. The van der Waals surface area contributed by atoms with Crippen LogP contribution in [-0.2, 0) is 15.8 Å². The molecule has 222 valence electrons. The maximum Gasteiger partial charge on any atom is 0.0904 e. The maximum absolute atomic E-state index is 6.26. The molecule has 5 heteroatoms. The zero-order valence-electron chi connectivity index (χ0n) is 25.6. The molecular weight excluding hydrogens is 524 g/mol. The van der Waals surface area contributed by atoms with E-state index in [1.807, 2.05) is 7.11 Å². The van der Waals surface area contributed by atoms with E-state index in [2.05, 4.69) is 155 Å². The highest BCUT2D eigenvalue weighted by molar-refractivity contribution is 6.90. The molecule has 4 rings (SSSR count). The van der Waals surface area contributed by atoms with E-state index in [-0.39, 0.29) is 32.9 Å². The third-order valence-corrected chi connectivity index (χ3v) is 11.8. The Morgan fingerprint density at radius 3 is 1.29 bits per heavy atom. The van der Waals surface area contributed by atoms with Gasteiger partial charge >= 0.3 is 0 Å². The van der Waals surface area contributed by atoms with Crippen molar-refractivity contribution in [1.29, 1.82) is 0 Å². The summed E-state index contributed by atoms with van der Waals surface area (Å²) < 4.78 is 6.26. The van der Waals surface area contributed by atoms with E-state index in [9.17, 15) is 0 Å². The standard InChI is InChI=1S/C36H44OSi.3H2O/c1-34(2,27-35(3,37-4)30-19-11-7-12-20-30)28-36(31-21-13-8-14-22-31,32-23-15-9-16-24-32)29-38(5,6)33-25-17-10-18-26-33;;;/h7-26H,27-29H2,1-6H3;3*1H2. The van der Waals surface area contributed by atoms with Gasteiger partial charge in [0.05, 0.1) is 13.7 Å². The summed E-state index contributed by atoms with van der Waals surface area (Å²) in [7, 11) is 0.0150. The smallest absolute Gasteiger partial charge is 0.0904 e. The molecule has 0 spiro atoms. The Morgan fingerprint density at radius 1 is 0.537 bits per heavy atom. The summed E-state index contributed by atoms with van der Waals surface area (Å²) in [6.07, 6.45) is 1.96. The zero-order chi connectivity index (χ0) is 27.3. The summed E-state index contributed by atoms with van der Waals surface area (Å²) in [5.41, 5.74) is 3.57. The number of methoxy groups -OCH3 is 1. The zero-order valence-corrected chi connectivity index (χ0v) is 26.6. The molecule has 1 atom stereocenters. The summed E-state index contributed by atoms with van der Waals surface area (Å²) in [6.45, 7) is 12.2. The second-order valence-electron chi connectivity index (χ2n) is 12.6. The van der Waals surface area contributed by atoms with Crippen LogP contribution in [0.5, 0.6) is 0 Å². The first kappa shape index (κ1) is 36.0. The lowest BCUT2D eigenvalue weighted by molar-refractivity contribution is -0.0374. The molecule has 4 aromatic rings. The van der Waals surface area contributed by atoms with Crippen molar-refractivity contribution in [3.05, 3.63) is 138 Å². The molecule has 1 unspecified atom stereocenters. The summed E-state index contributed by atoms with van der Waals surface area (Å²) in [6, 6.07) is 45.6. The van der Waals surface area contributed by atoms with Crippen LogP contribution in [0.25, 0.3) is 0 Å². The van der Waals surface area contributed by atoms with Crippen molar-refractivity contribution in [3.63, 3.8) is 0 Å². The predicted octanol–water partition coefficient (Wildman–Crippen LogP) is 6.48. The average Bonchev–Trinajstić information content (AvgIpc) is 2.94. The fourth-order valence-electron chi connectivity index (χ4n) is 6.77. The van der Waals surface area contributed by atoms with E-state index in [0.717, 1.165) is 18.9 Å². The Hall–Kier alpha value is -3.06. The third-order valence-electron chi connectivity index (χ3n) is 8.38. The molecule has 0 saturated carbocycles. The Morgan fingerprint density at radius 2 is 0.902 bits per heavy atom. The third kappa shape index (κ3) is 8.25. The molecule has 0 heterocycles. The van der Waals surface area contributed by atoms with Gasteiger partial charge in [0, 0.05) is 12.5 Å². The number of rotatable bonds is 11. The molecule has 0 radical (unpaired) electrons. The van der Waals surface area contributed by atoms with Crippen LogP contribution in [-0.4, -0.2) is 31.6 Å². The van der Waals surface area contributed by atoms with Crippen molar-refractivity contribution in [3.8, 4) is 0 Å². The van der Waals surface area contributed by atoms with Crippen molar-refractivity contribution in [2.45, 2.75) is 63.8 Å². The predicted molar refractivity (Wildman–Crippen MR) is 177 cm³/mol. The van der Waals surface area contributed by atoms with Crippen molar-refractivity contribution in [2.75, 3.05) is 7.11 Å². The Bertz CT molecular complexity index is 1240. The lowest BCUT2D eigenvalue weighted by Gasteiger charge is -2.47. The van der Waals surface area contributed by atoms with Crippen LogP contribution in [0, 0.1) is 5.41 Å². The van der Waals surface area contributed by atoms with Crippen LogP contribution in [0.15, 0.2) is 121 Å². The van der Waals surface area contributed by atoms with Gasteiger partial charge in [-0.2, -0.15) is 0 Å². The van der Waals surface area contributed by atoms with E-state index in [0.29, 0.717) is 0 Å². The van der Waals surface area contributed by atoms with E-state index in [4.69, 9.17) is 4.74 Å². The fraction of sp³-hybridized carbons (Fsp3) is 0.333. The molecule has 4 nitrogen and oxygen atoms in total. The number of hydrogen-bond acceptors (Lipinski definition) is 1. The summed E-state index contributed by atoms with van der Waals surface area (Å²) >= 11 is 0. The first-order valence-electron chi connectivity index (χ1n) is 13.9. The molecule has 0 aliphatic rings. The van der Waals surface area contributed by atoms with E-state index in [1.165, 1.54) is 21.9 Å². The monoisotopic (exact) mass is 574 g/mol. The Balaban J connectivity index is 0.00000280. The molecule has 0 aliphatic carbocycles. The van der Waals surface area contributed by atoms with Gasteiger partial charge in [-0.3, -0.25) is 0 Å². The van der Waals surface area contributed by atoms with E-state index < -0.39 is 8.07 Å². The van der Waals surface area contributed by atoms with Gasteiger partial charge in [-0.05, 0) is 47.9 Å². The van der Waals surface area contributed by atoms with Gasteiger partial charge in [-0.25, -0.2) is 0 Å². The molecule has 6 N–H and O–H groups in total. The molecule has 0 aliphatic heterocycles. The van der Waals surface area contributed by atoms with Crippen LogP contribution >= 0.6 is 0 Å². The van der Waals surface area contributed by atoms with Crippen LogP contribution in [0.2, 0.25) is 19.1 Å². The highest BCUT2D eigenvalue weighted by Gasteiger charge is 2.46. The largest absolute Gasteiger partial charge is 0.412 e. The molecule has 0 amide bonds. The Kier molecular flexibility index (Phi) is 12.9. The van der Waals surface area contributed by atoms with Crippen LogP contribution < -0.4 is 5.19 Å². The van der Waals surface area contributed by atoms with Crippen molar-refractivity contribution >= 4 is 13.3 Å². The molecule has 0 saturated heterocycles. The van der Waals surface area contributed by atoms with Gasteiger partial charge in [0.15, 0.2) is 0 Å². The van der Waals surface area contributed by atoms with Crippen molar-refractivity contribution in [2.24, 2.45) is 5.41 Å². The lowest BCUT2D eigenvalue weighted by Crippen LogP contribution is -2.49. The van der Waals surface area contributed by atoms with Crippen LogP contribution in [0.4, 0.5) is 0 Å². The molecule has 41 heavy (non-hydrogen) atoms. The quantitative estimate of drug-likeness (QED) is 0.188. The molecule has 0 fully saturated rings.